The van der Waals surface area contributed by atoms with Crippen LogP contribution in [0.25, 0.3) is 0 Å². The van der Waals surface area contributed by atoms with Crippen LogP contribution in [0.4, 0.5) is 0 Å². The van der Waals surface area contributed by atoms with Crippen molar-refractivity contribution >= 4 is 18.2 Å². The summed E-state index contributed by atoms with van der Waals surface area (Å²) >= 11 is 0. The fourth-order valence-corrected chi connectivity index (χ4v) is 4.14. The normalized spacial score (nSPS) is 15.7. The maximum Gasteiger partial charge on any atom is 0.295 e. The minimum atomic E-state index is -3.40. The van der Waals surface area contributed by atoms with Crippen LogP contribution in [0, 0.1) is 5.92 Å². The molecule has 0 bridgehead atoms. The van der Waals surface area contributed by atoms with Crippen molar-refractivity contribution in [2.24, 2.45) is 5.92 Å². The molecule has 0 amide bonds. The Balaban J connectivity index is 3.01. The Bertz CT molecular complexity index is 442. The van der Waals surface area contributed by atoms with Crippen LogP contribution in [0.5, 0.6) is 0 Å². The van der Waals surface area contributed by atoms with Gasteiger partial charge in [0.1, 0.15) is 0 Å². The largest absolute Gasteiger partial charge is 0.323 e. The smallest absolute Gasteiger partial charge is 0.295 e. The molecule has 0 aliphatic rings. The highest BCUT2D eigenvalue weighted by molar-refractivity contribution is 7.82. The summed E-state index contributed by atoms with van der Waals surface area (Å²) in [6, 6.07) is 8.80. The van der Waals surface area contributed by atoms with Gasteiger partial charge in [-0.05, 0) is 25.0 Å². The monoisotopic (exact) mass is 282 g/mol. The molecule has 4 heteroatoms. The molecule has 0 saturated heterocycles. The minimum absolute atomic E-state index is 0.175. The number of unbranched alkanes of at least 4 members (excludes halogenated alkanes) is 1. The summed E-state index contributed by atoms with van der Waals surface area (Å²) < 4.78 is 18.0. The van der Waals surface area contributed by atoms with Gasteiger partial charge < -0.3 is 4.52 Å². The lowest BCUT2D eigenvalue weighted by atomic mass is 10.0. The zero-order valence-electron chi connectivity index (χ0n) is 12.0. The summed E-state index contributed by atoms with van der Waals surface area (Å²) in [5.74, 6) is -0.175. The highest BCUT2D eigenvalue weighted by atomic mass is 31.2. The molecule has 1 rings (SSSR count). The molecule has 0 aliphatic heterocycles. The summed E-state index contributed by atoms with van der Waals surface area (Å²) in [5, 5.41) is 0.498. The molecule has 0 fully saturated rings. The molecule has 0 heterocycles. The maximum atomic E-state index is 12.9. The first-order valence-corrected chi connectivity index (χ1v) is 8.48. The standard InChI is InChI=1S/C15H23O3P/c1-4-6-10-13(5-2)15(16)19(17,18-3)14-11-8-7-9-12-14/h7-9,11-13H,4-6,10H2,1-3H3. The van der Waals surface area contributed by atoms with E-state index in [1.54, 1.807) is 24.3 Å². The Morgan fingerprint density at radius 2 is 1.89 bits per heavy atom. The van der Waals surface area contributed by atoms with Crippen LogP contribution in [-0.4, -0.2) is 12.6 Å². The molecule has 0 aromatic heterocycles. The molecule has 0 N–H and O–H groups in total. The van der Waals surface area contributed by atoms with Crippen LogP contribution < -0.4 is 5.30 Å². The summed E-state index contributed by atoms with van der Waals surface area (Å²) in [6.45, 7) is 4.05. The lowest BCUT2D eigenvalue weighted by Gasteiger charge is -2.20. The first-order chi connectivity index (χ1) is 9.10. The zero-order valence-corrected chi connectivity index (χ0v) is 12.9. The molecular weight excluding hydrogens is 259 g/mol. The molecule has 0 spiro atoms. The summed E-state index contributed by atoms with van der Waals surface area (Å²) in [7, 11) is -2.04. The minimum Gasteiger partial charge on any atom is -0.323 e. The van der Waals surface area contributed by atoms with Crippen LogP contribution in [0.15, 0.2) is 30.3 Å². The molecule has 0 aliphatic carbocycles. The highest BCUT2D eigenvalue weighted by Gasteiger charge is 2.37. The van der Waals surface area contributed by atoms with Gasteiger partial charge in [-0.25, -0.2) is 0 Å². The molecule has 0 radical (unpaired) electrons. The molecule has 2 atom stereocenters. The van der Waals surface area contributed by atoms with E-state index >= 15 is 0 Å². The topological polar surface area (TPSA) is 43.4 Å². The van der Waals surface area contributed by atoms with E-state index in [1.807, 2.05) is 13.0 Å². The molecule has 1 aromatic carbocycles. The van der Waals surface area contributed by atoms with Crippen LogP contribution in [0.2, 0.25) is 0 Å². The molecule has 19 heavy (non-hydrogen) atoms. The van der Waals surface area contributed by atoms with Crippen molar-refractivity contribution < 1.29 is 13.9 Å². The average molecular weight is 282 g/mol. The van der Waals surface area contributed by atoms with E-state index in [2.05, 4.69) is 6.92 Å². The first-order valence-electron chi connectivity index (χ1n) is 6.85. The highest BCUT2D eigenvalue weighted by Crippen LogP contribution is 2.49. The first kappa shape index (κ1) is 16.1. The van der Waals surface area contributed by atoms with Crippen molar-refractivity contribution in [3.8, 4) is 0 Å². The van der Waals surface area contributed by atoms with Crippen LogP contribution in [-0.2, 0) is 13.9 Å². The van der Waals surface area contributed by atoms with Crippen molar-refractivity contribution in [2.45, 2.75) is 39.5 Å². The van der Waals surface area contributed by atoms with E-state index in [0.717, 1.165) is 19.3 Å². The van der Waals surface area contributed by atoms with Gasteiger partial charge in [0.2, 0.25) is 5.52 Å². The maximum absolute atomic E-state index is 12.9. The number of benzene rings is 1. The van der Waals surface area contributed by atoms with Crippen molar-refractivity contribution in [1.82, 2.24) is 0 Å². The molecular formula is C15H23O3P. The fourth-order valence-electron chi connectivity index (χ4n) is 2.14. The second kappa shape index (κ2) is 7.62. The molecule has 3 nitrogen and oxygen atoms in total. The van der Waals surface area contributed by atoms with Crippen LogP contribution >= 0.6 is 7.37 Å². The third kappa shape index (κ3) is 3.77. The van der Waals surface area contributed by atoms with Crippen molar-refractivity contribution in [2.75, 3.05) is 7.11 Å². The Hall–Kier alpha value is -0.920. The molecule has 1 aromatic rings. The van der Waals surface area contributed by atoms with Crippen LogP contribution in [0.3, 0.4) is 0 Å². The van der Waals surface area contributed by atoms with Gasteiger partial charge in [-0.2, -0.15) is 0 Å². The van der Waals surface area contributed by atoms with Gasteiger partial charge in [0.15, 0.2) is 0 Å². The second-order valence-electron chi connectivity index (χ2n) is 4.66. The quantitative estimate of drug-likeness (QED) is 0.677. The van der Waals surface area contributed by atoms with E-state index < -0.39 is 7.37 Å². The lowest BCUT2D eigenvalue weighted by Crippen LogP contribution is -2.21. The SMILES string of the molecule is CCCCC(CC)C(=O)P(=O)(OC)c1ccccc1. The van der Waals surface area contributed by atoms with E-state index in [4.69, 9.17) is 4.52 Å². The van der Waals surface area contributed by atoms with Gasteiger partial charge in [0.05, 0.1) is 0 Å². The van der Waals surface area contributed by atoms with Crippen molar-refractivity contribution in [3.05, 3.63) is 30.3 Å². The third-order valence-corrected chi connectivity index (χ3v) is 5.83. The summed E-state index contributed by atoms with van der Waals surface area (Å²) in [5.41, 5.74) is -0.239. The Kier molecular flexibility index (Phi) is 6.47. The number of carbonyl (C=O) groups is 1. The average Bonchev–Trinajstić information content (AvgIpc) is 2.47. The van der Waals surface area contributed by atoms with Crippen molar-refractivity contribution in [3.63, 3.8) is 0 Å². The Morgan fingerprint density at radius 1 is 1.26 bits per heavy atom. The van der Waals surface area contributed by atoms with Gasteiger partial charge in [0.25, 0.3) is 7.37 Å². The van der Waals surface area contributed by atoms with E-state index in [-0.39, 0.29) is 11.4 Å². The molecule has 2 unspecified atom stereocenters. The number of hydrogen-bond donors (Lipinski definition) is 0. The van der Waals surface area contributed by atoms with Gasteiger partial charge >= 0.3 is 0 Å². The Morgan fingerprint density at radius 3 is 2.37 bits per heavy atom. The van der Waals surface area contributed by atoms with E-state index in [1.165, 1.54) is 7.11 Å². The van der Waals surface area contributed by atoms with Gasteiger partial charge in [0, 0.05) is 18.3 Å². The fraction of sp³-hybridized carbons (Fsp3) is 0.533. The Labute approximate surface area is 115 Å². The van der Waals surface area contributed by atoms with E-state index in [9.17, 15) is 9.36 Å². The van der Waals surface area contributed by atoms with Crippen molar-refractivity contribution in [1.29, 1.82) is 0 Å². The molecule has 106 valence electrons. The zero-order chi connectivity index (χ0) is 14.3. The van der Waals surface area contributed by atoms with Crippen LogP contribution in [0.1, 0.15) is 39.5 Å². The predicted octanol–water partition coefficient (Wildman–Crippen LogP) is 3.98. The number of hydrogen-bond acceptors (Lipinski definition) is 3. The number of carbonyl (C=O) groups excluding carboxylic acids is 1. The second-order valence-corrected chi connectivity index (χ2v) is 7.08. The summed E-state index contributed by atoms with van der Waals surface area (Å²) in [4.78, 5) is 12.5. The molecule has 0 saturated carbocycles. The lowest BCUT2D eigenvalue weighted by molar-refractivity contribution is -0.116. The summed E-state index contributed by atoms with van der Waals surface area (Å²) in [6.07, 6.45) is 3.50. The van der Waals surface area contributed by atoms with Gasteiger partial charge in [-0.3, -0.25) is 9.36 Å². The van der Waals surface area contributed by atoms with Gasteiger partial charge in [-0.15, -0.1) is 0 Å². The number of rotatable bonds is 8. The predicted molar refractivity (Wildman–Crippen MR) is 79.0 cm³/mol. The van der Waals surface area contributed by atoms with Gasteiger partial charge in [-0.1, -0.05) is 44.9 Å². The third-order valence-electron chi connectivity index (χ3n) is 3.39. The van der Waals surface area contributed by atoms with E-state index in [0.29, 0.717) is 11.7 Å².